The molecule has 84 valence electrons. The number of carbonyl (C=O) groups is 1. The number of thiocarbonyl (C=S) groups is 1. The first-order valence-electron chi connectivity index (χ1n) is 4.03. The van der Waals surface area contributed by atoms with E-state index in [1.165, 1.54) is 12.1 Å². The van der Waals surface area contributed by atoms with Crippen LogP contribution in [-0.4, -0.2) is 16.3 Å². The molecule has 1 aromatic carbocycles. The average molecular weight is 241 g/mol. The quantitative estimate of drug-likeness (QED) is 0.474. The number of amides is 2. The van der Waals surface area contributed by atoms with Crippen molar-refractivity contribution in [2.24, 2.45) is 5.73 Å². The molecular formula is C8H7N3O4S. The van der Waals surface area contributed by atoms with Crippen LogP contribution in [0.1, 0.15) is 0 Å². The van der Waals surface area contributed by atoms with Crippen molar-refractivity contribution in [1.82, 2.24) is 0 Å². The van der Waals surface area contributed by atoms with Crippen LogP contribution in [0.3, 0.4) is 0 Å². The second kappa shape index (κ2) is 5.03. The monoisotopic (exact) mass is 241 g/mol. The van der Waals surface area contributed by atoms with Crippen LogP contribution in [0.25, 0.3) is 0 Å². The van der Waals surface area contributed by atoms with Gasteiger partial charge in [0.25, 0.3) is 5.17 Å². The van der Waals surface area contributed by atoms with E-state index < -0.39 is 16.3 Å². The van der Waals surface area contributed by atoms with Crippen molar-refractivity contribution in [2.75, 3.05) is 4.90 Å². The van der Waals surface area contributed by atoms with Crippen molar-refractivity contribution >= 4 is 29.1 Å². The number of hydrogen-bond acceptors (Lipinski definition) is 5. The molecule has 0 spiro atoms. The van der Waals surface area contributed by atoms with Gasteiger partial charge in [-0.3, -0.25) is 0 Å². The predicted molar refractivity (Wildman–Crippen MR) is 59.2 cm³/mol. The molecule has 0 saturated heterocycles. The average Bonchev–Trinajstić information content (AvgIpc) is 2.17. The van der Waals surface area contributed by atoms with Gasteiger partial charge in [-0.1, -0.05) is 18.2 Å². The van der Waals surface area contributed by atoms with Crippen molar-refractivity contribution in [1.29, 1.82) is 0 Å². The molecule has 0 radical (unpaired) electrons. The maximum absolute atomic E-state index is 11.1. The Morgan fingerprint density at radius 2 is 2.00 bits per heavy atom. The zero-order valence-corrected chi connectivity index (χ0v) is 8.72. The minimum Gasteiger partial charge on any atom is -0.351 e. The molecule has 1 rings (SSSR count). The summed E-state index contributed by atoms with van der Waals surface area (Å²) in [5, 5.41) is 8.34. The molecule has 0 aromatic heterocycles. The Bertz CT molecular complexity index is 423. The smallest absolute Gasteiger partial charge is 0.325 e. The van der Waals surface area contributed by atoms with Crippen LogP contribution in [0.5, 0.6) is 0 Å². The number of benzene rings is 1. The Balaban J connectivity index is 2.97. The van der Waals surface area contributed by atoms with E-state index in [1.807, 2.05) is 0 Å². The molecule has 0 aliphatic heterocycles. The Kier molecular flexibility index (Phi) is 3.72. The Hall–Kier alpha value is -2.22. The first-order valence-corrected chi connectivity index (χ1v) is 4.44. The standard InChI is InChI=1S/C8H7N3O4S/c9-7(12)10(8(16)15-11(13)14)6-4-2-1-3-5-6/h1-5H,(H2,9,12). The highest BCUT2D eigenvalue weighted by Gasteiger charge is 2.20. The highest BCUT2D eigenvalue weighted by Crippen LogP contribution is 2.14. The van der Waals surface area contributed by atoms with E-state index in [1.54, 1.807) is 18.2 Å². The fourth-order valence-electron chi connectivity index (χ4n) is 1.00. The lowest BCUT2D eigenvalue weighted by atomic mass is 10.3. The summed E-state index contributed by atoms with van der Waals surface area (Å²) in [6, 6.07) is 7.03. The Labute approximate surface area is 95.5 Å². The van der Waals surface area contributed by atoms with Crippen molar-refractivity contribution in [2.45, 2.75) is 0 Å². The summed E-state index contributed by atoms with van der Waals surface area (Å²) < 4.78 is 0. The van der Waals surface area contributed by atoms with Gasteiger partial charge < -0.3 is 5.73 Å². The minimum atomic E-state index is -1.11. The summed E-state index contributed by atoms with van der Waals surface area (Å²) >= 11 is 4.57. The molecule has 0 bridgehead atoms. The van der Waals surface area contributed by atoms with E-state index in [0.29, 0.717) is 5.69 Å². The van der Waals surface area contributed by atoms with Crippen molar-refractivity contribution in [3.63, 3.8) is 0 Å². The number of rotatable bonds is 2. The fraction of sp³-hybridized carbons (Fsp3) is 0. The third kappa shape index (κ3) is 2.89. The number of para-hydroxylation sites is 1. The van der Waals surface area contributed by atoms with Crippen molar-refractivity contribution < 1.29 is 14.7 Å². The largest absolute Gasteiger partial charge is 0.351 e. The van der Waals surface area contributed by atoms with Crippen molar-refractivity contribution in [3.05, 3.63) is 40.4 Å². The highest BCUT2D eigenvalue weighted by molar-refractivity contribution is 7.80. The second-order valence-corrected chi connectivity index (χ2v) is 2.94. The molecule has 0 aliphatic rings. The van der Waals surface area contributed by atoms with Gasteiger partial charge in [-0.25, -0.2) is 14.5 Å². The van der Waals surface area contributed by atoms with Gasteiger partial charge in [-0.15, -0.1) is 10.1 Å². The van der Waals surface area contributed by atoms with Gasteiger partial charge in [-0.05, 0) is 24.4 Å². The first-order chi connectivity index (χ1) is 7.52. The molecule has 1 aromatic rings. The molecule has 0 heterocycles. The van der Waals surface area contributed by atoms with Gasteiger partial charge in [0.15, 0.2) is 0 Å². The first kappa shape index (κ1) is 11.9. The van der Waals surface area contributed by atoms with Gasteiger partial charge in [0.05, 0.1) is 5.69 Å². The molecule has 2 N–H and O–H groups in total. The van der Waals surface area contributed by atoms with Crippen LogP contribution in [0.15, 0.2) is 30.3 Å². The summed E-state index contributed by atoms with van der Waals surface area (Å²) in [4.78, 5) is 25.9. The number of nitrogens with zero attached hydrogens (tertiary/aromatic N) is 2. The molecule has 0 unspecified atom stereocenters. The van der Waals surface area contributed by atoms with Gasteiger partial charge >= 0.3 is 11.1 Å². The lowest BCUT2D eigenvalue weighted by Crippen LogP contribution is -2.41. The summed E-state index contributed by atoms with van der Waals surface area (Å²) in [5.74, 6) is 0. The van der Waals surface area contributed by atoms with Crippen LogP contribution >= 0.6 is 12.2 Å². The molecule has 0 fully saturated rings. The SMILES string of the molecule is NC(=O)N(C(=S)O[N+](=O)[O-])c1ccccc1. The number of primary amides is 1. The van der Waals surface area contributed by atoms with Crippen LogP contribution < -0.4 is 10.6 Å². The van der Waals surface area contributed by atoms with Crippen LogP contribution in [0.4, 0.5) is 10.5 Å². The van der Waals surface area contributed by atoms with E-state index in [2.05, 4.69) is 17.1 Å². The van der Waals surface area contributed by atoms with Gasteiger partial charge in [0.2, 0.25) is 0 Å². The molecule has 0 saturated carbocycles. The van der Waals surface area contributed by atoms with Gasteiger partial charge in [-0.2, -0.15) is 0 Å². The van der Waals surface area contributed by atoms with Gasteiger partial charge in [0.1, 0.15) is 0 Å². The van der Waals surface area contributed by atoms with E-state index in [0.717, 1.165) is 4.90 Å². The third-order valence-electron chi connectivity index (χ3n) is 1.57. The lowest BCUT2D eigenvalue weighted by molar-refractivity contribution is -0.723. The topological polar surface area (TPSA) is 98.7 Å². The summed E-state index contributed by atoms with van der Waals surface area (Å²) in [6.45, 7) is 0. The van der Waals surface area contributed by atoms with E-state index in [4.69, 9.17) is 5.73 Å². The predicted octanol–water partition coefficient (Wildman–Crippen LogP) is 1.06. The molecular weight excluding hydrogens is 234 g/mol. The lowest BCUT2D eigenvalue weighted by Gasteiger charge is -2.18. The van der Waals surface area contributed by atoms with E-state index >= 15 is 0 Å². The van der Waals surface area contributed by atoms with E-state index in [9.17, 15) is 14.9 Å². The number of nitrogens with two attached hydrogens (primary N) is 1. The molecule has 0 aliphatic carbocycles. The summed E-state index contributed by atoms with van der Waals surface area (Å²) in [6.07, 6.45) is 0. The third-order valence-corrected chi connectivity index (χ3v) is 1.83. The normalized spacial score (nSPS) is 9.25. The maximum atomic E-state index is 11.1. The van der Waals surface area contributed by atoms with Crippen molar-refractivity contribution in [3.8, 4) is 0 Å². The molecule has 7 nitrogen and oxygen atoms in total. The summed E-state index contributed by atoms with van der Waals surface area (Å²) in [5.41, 5.74) is 5.34. The minimum absolute atomic E-state index is 0.293. The molecule has 2 amide bonds. The van der Waals surface area contributed by atoms with E-state index in [-0.39, 0.29) is 0 Å². The molecule has 16 heavy (non-hydrogen) atoms. The Morgan fingerprint density at radius 1 is 1.44 bits per heavy atom. The highest BCUT2D eigenvalue weighted by atomic mass is 32.1. The van der Waals surface area contributed by atoms with Gasteiger partial charge in [0, 0.05) is 0 Å². The maximum Gasteiger partial charge on any atom is 0.325 e. The van der Waals surface area contributed by atoms with Crippen LogP contribution in [0, 0.1) is 10.1 Å². The molecule has 0 atom stereocenters. The summed E-state index contributed by atoms with van der Waals surface area (Å²) in [7, 11) is 0. The molecule has 8 heteroatoms. The number of carbonyl (C=O) groups excluding carboxylic acids is 1. The van der Waals surface area contributed by atoms with Crippen LogP contribution in [-0.2, 0) is 4.84 Å². The number of hydrogen-bond donors (Lipinski definition) is 1. The Morgan fingerprint density at radius 3 is 2.44 bits per heavy atom. The zero-order chi connectivity index (χ0) is 12.1. The fourth-order valence-corrected chi connectivity index (χ4v) is 1.26. The van der Waals surface area contributed by atoms with Crippen LogP contribution in [0.2, 0.25) is 0 Å². The second-order valence-electron chi connectivity index (χ2n) is 2.59. The number of urea groups is 1. The number of anilines is 1. The zero-order valence-electron chi connectivity index (χ0n) is 7.90.